The van der Waals surface area contributed by atoms with E-state index in [2.05, 4.69) is 17.3 Å². The molecule has 0 spiro atoms. The molecular formula is C19H21N3O. The highest BCUT2D eigenvalue weighted by molar-refractivity contribution is 5.94. The van der Waals surface area contributed by atoms with Gasteiger partial charge in [0.2, 0.25) is 5.91 Å². The molecule has 23 heavy (non-hydrogen) atoms. The van der Waals surface area contributed by atoms with Crippen molar-refractivity contribution >= 4 is 16.8 Å². The standard InChI is InChI=1S/C19H21N3O/c1-3-14(2)20-18(23)13-22-17-12-8-7-11-16(17)19(21-22)15-9-5-4-6-10-15/h4-12,14H,3,13H2,1-2H3,(H,20,23). The second kappa shape index (κ2) is 6.65. The zero-order valence-corrected chi connectivity index (χ0v) is 13.5. The molecule has 0 saturated heterocycles. The van der Waals surface area contributed by atoms with Crippen molar-refractivity contribution in [3.8, 4) is 11.3 Å². The highest BCUT2D eigenvalue weighted by Crippen LogP contribution is 2.27. The number of hydrogen-bond donors (Lipinski definition) is 1. The van der Waals surface area contributed by atoms with Gasteiger partial charge in [-0.2, -0.15) is 5.10 Å². The summed E-state index contributed by atoms with van der Waals surface area (Å²) in [4.78, 5) is 12.2. The number of hydrogen-bond acceptors (Lipinski definition) is 2. The van der Waals surface area contributed by atoms with Gasteiger partial charge in [-0.3, -0.25) is 9.48 Å². The minimum absolute atomic E-state index is 0.00721. The number of benzene rings is 2. The Morgan fingerprint density at radius 2 is 1.83 bits per heavy atom. The number of nitrogens with zero attached hydrogens (tertiary/aromatic N) is 2. The minimum Gasteiger partial charge on any atom is -0.352 e. The second-order valence-corrected chi connectivity index (χ2v) is 5.77. The monoisotopic (exact) mass is 307 g/mol. The number of aromatic nitrogens is 2. The molecule has 4 nitrogen and oxygen atoms in total. The van der Waals surface area contributed by atoms with Crippen LogP contribution in [-0.2, 0) is 11.3 Å². The van der Waals surface area contributed by atoms with Crippen LogP contribution >= 0.6 is 0 Å². The van der Waals surface area contributed by atoms with Gasteiger partial charge in [-0.25, -0.2) is 0 Å². The summed E-state index contributed by atoms with van der Waals surface area (Å²) < 4.78 is 1.79. The quantitative estimate of drug-likeness (QED) is 0.782. The Kier molecular flexibility index (Phi) is 4.42. The summed E-state index contributed by atoms with van der Waals surface area (Å²) in [5, 5.41) is 8.75. The van der Waals surface area contributed by atoms with Gasteiger partial charge >= 0.3 is 0 Å². The van der Waals surface area contributed by atoms with Gasteiger partial charge in [0, 0.05) is 17.0 Å². The van der Waals surface area contributed by atoms with E-state index in [1.807, 2.05) is 61.5 Å². The van der Waals surface area contributed by atoms with Crippen LogP contribution in [0, 0.1) is 0 Å². The van der Waals surface area contributed by atoms with Crippen LogP contribution in [0.1, 0.15) is 20.3 Å². The van der Waals surface area contributed by atoms with Gasteiger partial charge < -0.3 is 5.32 Å². The number of carbonyl (C=O) groups excluding carboxylic acids is 1. The summed E-state index contributed by atoms with van der Waals surface area (Å²) >= 11 is 0. The fourth-order valence-corrected chi connectivity index (χ4v) is 2.62. The molecule has 0 aliphatic rings. The first kappa shape index (κ1) is 15.3. The Morgan fingerprint density at radius 3 is 2.57 bits per heavy atom. The number of rotatable bonds is 5. The van der Waals surface area contributed by atoms with Crippen molar-refractivity contribution in [1.82, 2.24) is 15.1 Å². The number of fused-ring (bicyclic) bond motifs is 1. The highest BCUT2D eigenvalue weighted by Gasteiger charge is 2.14. The Morgan fingerprint density at radius 1 is 1.13 bits per heavy atom. The molecular weight excluding hydrogens is 286 g/mol. The highest BCUT2D eigenvalue weighted by atomic mass is 16.2. The van der Waals surface area contributed by atoms with Crippen LogP contribution in [0.5, 0.6) is 0 Å². The Bertz CT molecular complexity index is 808. The van der Waals surface area contributed by atoms with Gasteiger partial charge in [0.05, 0.1) is 5.52 Å². The normalized spacial score (nSPS) is 12.3. The smallest absolute Gasteiger partial charge is 0.241 e. The van der Waals surface area contributed by atoms with Gasteiger partial charge in [0.25, 0.3) is 0 Å². The van der Waals surface area contributed by atoms with Crippen LogP contribution < -0.4 is 5.32 Å². The van der Waals surface area contributed by atoms with Crippen LogP contribution in [-0.4, -0.2) is 21.7 Å². The average Bonchev–Trinajstić information content (AvgIpc) is 2.94. The zero-order valence-electron chi connectivity index (χ0n) is 13.5. The Hall–Kier alpha value is -2.62. The largest absolute Gasteiger partial charge is 0.352 e. The van der Waals surface area contributed by atoms with Crippen LogP contribution in [0.25, 0.3) is 22.2 Å². The van der Waals surface area contributed by atoms with Crippen molar-refractivity contribution in [3.63, 3.8) is 0 Å². The van der Waals surface area contributed by atoms with Crippen molar-refractivity contribution in [2.45, 2.75) is 32.9 Å². The van der Waals surface area contributed by atoms with Gasteiger partial charge in [-0.05, 0) is 19.4 Å². The zero-order chi connectivity index (χ0) is 16.2. The van der Waals surface area contributed by atoms with Crippen LogP contribution in [0.2, 0.25) is 0 Å². The average molecular weight is 307 g/mol. The number of nitrogens with one attached hydrogen (secondary N) is 1. The molecule has 0 fully saturated rings. The van der Waals surface area contributed by atoms with Crippen molar-refractivity contribution in [3.05, 3.63) is 54.6 Å². The second-order valence-electron chi connectivity index (χ2n) is 5.77. The number of para-hydroxylation sites is 1. The lowest BCUT2D eigenvalue weighted by Gasteiger charge is -2.11. The molecule has 0 aliphatic carbocycles. The molecule has 0 saturated carbocycles. The molecule has 0 aliphatic heterocycles. The van der Waals surface area contributed by atoms with Gasteiger partial charge in [0.15, 0.2) is 0 Å². The third-order valence-corrected chi connectivity index (χ3v) is 4.02. The lowest BCUT2D eigenvalue weighted by Crippen LogP contribution is -2.34. The molecule has 4 heteroatoms. The molecule has 1 atom stereocenters. The first-order valence-corrected chi connectivity index (χ1v) is 7.99. The first-order chi connectivity index (χ1) is 11.2. The fraction of sp³-hybridized carbons (Fsp3) is 0.263. The van der Waals surface area contributed by atoms with Crippen LogP contribution in [0.4, 0.5) is 0 Å². The topological polar surface area (TPSA) is 46.9 Å². The molecule has 2 aromatic carbocycles. The first-order valence-electron chi connectivity index (χ1n) is 7.99. The number of carbonyl (C=O) groups is 1. The Labute approximate surface area is 136 Å². The predicted molar refractivity (Wildman–Crippen MR) is 93.1 cm³/mol. The fourth-order valence-electron chi connectivity index (χ4n) is 2.62. The summed E-state index contributed by atoms with van der Waals surface area (Å²) in [5.74, 6) is -0.00721. The van der Waals surface area contributed by atoms with Crippen LogP contribution in [0.15, 0.2) is 54.6 Å². The summed E-state index contributed by atoms with van der Waals surface area (Å²) in [5.41, 5.74) is 2.95. The van der Waals surface area contributed by atoms with E-state index in [0.29, 0.717) is 0 Å². The van der Waals surface area contributed by atoms with E-state index in [1.54, 1.807) is 4.68 Å². The van der Waals surface area contributed by atoms with Crippen molar-refractivity contribution in [2.75, 3.05) is 0 Å². The SMILES string of the molecule is CCC(C)NC(=O)Cn1nc(-c2ccccc2)c2ccccc21. The third-order valence-electron chi connectivity index (χ3n) is 4.02. The molecule has 0 bridgehead atoms. The molecule has 1 heterocycles. The van der Waals surface area contributed by atoms with E-state index in [0.717, 1.165) is 28.6 Å². The van der Waals surface area contributed by atoms with E-state index in [-0.39, 0.29) is 18.5 Å². The molecule has 1 N–H and O–H groups in total. The maximum atomic E-state index is 12.2. The van der Waals surface area contributed by atoms with Gasteiger partial charge in [-0.15, -0.1) is 0 Å². The van der Waals surface area contributed by atoms with E-state index in [1.165, 1.54) is 0 Å². The van der Waals surface area contributed by atoms with E-state index in [4.69, 9.17) is 0 Å². The van der Waals surface area contributed by atoms with Crippen molar-refractivity contribution in [2.24, 2.45) is 0 Å². The Balaban J connectivity index is 1.97. The summed E-state index contributed by atoms with van der Waals surface area (Å²) in [6.45, 7) is 4.30. The van der Waals surface area contributed by atoms with Crippen molar-refractivity contribution in [1.29, 1.82) is 0 Å². The van der Waals surface area contributed by atoms with Crippen molar-refractivity contribution < 1.29 is 4.79 Å². The molecule has 3 aromatic rings. The molecule has 1 amide bonds. The van der Waals surface area contributed by atoms with Crippen LogP contribution in [0.3, 0.4) is 0 Å². The maximum Gasteiger partial charge on any atom is 0.241 e. The molecule has 1 aromatic heterocycles. The lowest BCUT2D eigenvalue weighted by atomic mass is 10.1. The summed E-state index contributed by atoms with van der Waals surface area (Å²) in [7, 11) is 0. The van der Waals surface area contributed by atoms with E-state index < -0.39 is 0 Å². The molecule has 3 rings (SSSR count). The minimum atomic E-state index is -0.00721. The summed E-state index contributed by atoms with van der Waals surface area (Å²) in [6.07, 6.45) is 0.918. The molecule has 1 unspecified atom stereocenters. The summed E-state index contributed by atoms with van der Waals surface area (Å²) in [6, 6.07) is 18.3. The van der Waals surface area contributed by atoms with Gasteiger partial charge in [0.1, 0.15) is 12.2 Å². The lowest BCUT2D eigenvalue weighted by molar-refractivity contribution is -0.122. The molecule has 0 radical (unpaired) electrons. The van der Waals surface area contributed by atoms with E-state index >= 15 is 0 Å². The number of amides is 1. The maximum absolute atomic E-state index is 12.2. The van der Waals surface area contributed by atoms with E-state index in [9.17, 15) is 4.79 Å². The molecule has 118 valence electrons. The van der Waals surface area contributed by atoms with Gasteiger partial charge in [-0.1, -0.05) is 55.5 Å². The third kappa shape index (κ3) is 3.26. The predicted octanol–water partition coefficient (Wildman–Crippen LogP) is 3.62.